The van der Waals surface area contributed by atoms with Gasteiger partial charge in [-0.05, 0) is 44.2 Å². The maximum Gasteiger partial charge on any atom is 0.259 e. The van der Waals surface area contributed by atoms with E-state index in [0.29, 0.717) is 16.4 Å². The summed E-state index contributed by atoms with van der Waals surface area (Å²) in [5.74, 6) is 0.534. The van der Waals surface area contributed by atoms with E-state index < -0.39 is 0 Å². The van der Waals surface area contributed by atoms with Crippen molar-refractivity contribution in [2.45, 2.75) is 13.8 Å². The predicted molar refractivity (Wildman–Crippen MR) is 111 cm³/mol. The number of aromatic nitrogens is 2. The molecule has 0 aliphatic carbocycles. The highest BCUT2D eigenvalue weighted by Gasteiger charge is 2.15. The molecule has 136 valence electrons. The Balaban J connectivity index is 1.59. The molecule has 1 aromatic carbocycles. The molecule has 0 atom stereocenters. The lowest BCUT2D eigenvalue weighted by Crippen LogP contribution is -2.14. The number of nitrogens with one attached hydrogen (secondary N) is 1. The second kappa shape index (κ2) is 7.09. The monoisotopic (exact) mass is 395 g/mol. The van der Waals surface area contributed by atoms with Crippen LogP contribution in [0.5, 0.6) is 5.75 Å². The van der Waals surface area contributed by atoms with Crippen molar-refractivity contribution in [1.82, 2.24) is 9.97 Å². The number of pyridine rings is 1. The Morgan fingerprint density at radius 1 is 1.11 bits per heavy atom. The van der Waals surface area contributed by atoms with Crippen molar-refractivity contribution in [2.24, 2.45) is 0 Å². The first kappa shape index (κ1) is 17.6. The zero-order valence-electron chi connectivity index (χ0n) is 15.1. The molecule has 1 amide bonds. The number of fused-ring (bicyclic) bond motifs is 1. The van der Waals surface area contributed by atoms with Gasteiger partial charge in [-0.15, -0.1) is 22.7 Å². The van der Waals surface area contributed by atoms with E-state index >= 15 is 0 Å². The number of nitrogens with zero attached hydrogens (tertiary/aromatic N) is 2. The predicted octanol–water partition coefficient (Wildman–Crippen LogP) is 5.30. The van der Waals surface area contributed by atoms with E-state index in [0.717, 1.165) is 27.2 Å². The number of amides is 1. The number of thiophene rings is 1. The molecule has 1 N–H and O–H groups in total. The highest BCUT2D eigenvalue weighted by atomic mass is 32.1. The lowest BCUT2D eigenvalue weighted by molar-refractivity contribution is 0.102. The van der Waals surface area contributed by atoms with Crippen LogP contribution in [0.2, 0.25) is 0 Å². The molecule has 0 saturated carbocycles. The molecule has 0 saturated heterocycles. The van der Waals surface area contributed by atoms with Crippen molar-refractivity contribution in [1.29, 1.82) is 0 Å². The highest BCUT2D eigenvalue weighted by Crippen LogP contribution is 2.30. The van der Waals surface area contributed by atoms with Crippen LogP contribution in [-0.4, -0.2) is 23.0 Å². The number of benzene rings is 1. The molecule has 4 aromatic rings. The Morgan fingerprint density at radius 2 is 1.96 bits per heavy atom. The van der Waals surface area contributed by atoms with Crippen molar-refractivity contribution in [3.63, 3.8) is 0 Å². The second-order valence-corrected chi connectivity index (χ2v) is 8.23. The third-order valence-electron chi connectivity index (χ3n) is 4.18. The number of carbonyl (C=O) groups is 1. The summed E-state index contributed by atoms with van der Waals surface area (Å²) in [6.45, 7) is 3.89. The van der Waals surface area contributed by atoms with Crippen LogP contribution in [0.3, 0.4) is 0 Å². The van der Waals surface area contributed by atoms with Crippen LogP contribution in [0.1, 0.15) is 20.9 Å². The van der Waals surface area contributed by atoms with Crippen LogP contribution in [0.15, 0.2) is 41.8 Å². The lowest BCUT2D eigenvalue weighted by atomic mass is 10.1. The van der Waals surface area contributed by atoms with E-state index in [9.17, 15) is 4.79 Å². The first-order valence-corrected chi connectivity index (χ1v) is 10.0. The molecule has 0 bridgehead atoms. The van der Waals surface area contributed by atoms with Gasteiger partial charge in [-0.2, -0.15) is 0 Å². The summed E-state index contributed by atoms with van der Waals surface area (Å²) in [7, 11) is 1.62. The smallest absolute Gasteiger partial charge is 0.259 e. The normalized spacial score (nSPS) is 10.9. The fraction of sp³-hybridized carbons (Fsp3) is 0.150. The second-order valence-electron chi connectivity index (χ2n) is 6.08. The highest BCUT2D eigenvalue weighted by molar-refractivity contribution is 7.17. The number of hydrogen-bond acceptors (Lipinski definition) is 6. The standard InChI is InChI=1S/C20H17N3O2S2/c1-11-4-7-18(27-11)17-10-26-20(22-17)23-19(24)15-8-13-5-6-14(25-3)9-16(13)21-12(15)2/h4-10H,1-3H3,(H,22,23,24). The van der Waals surface area contributed by atoms with Crippen molar-refractivity contribution in [3.8, 4) is 16.3 Å². The Bertz CT molecular complexity index is 1150. The molecule has 0 radical (unpaired) electrons. The number of anilines is 1. The van der Waals surface area contributed by atoms with E-state index in [-0.39, 0.29) is 5.91 Å². The summed E-state index contributed by atoms with van der Waals surface area (Å²) >= 11 is 3.11. The SMILES string of the molecule is COc1ccc2cc(C(=O)Nc3nc(-c4ccc(C)s4)cs3)c(C)nc2c1. The summed E-state index contributed by atoms with van der Waals surface area (Å²) in [6.07, 6.45) is 0. The van der Waals surface area contributed by atoms with Gasteiger partial charge in [0.05, 0.1) is 34.5 Å². The van der Waals surface area contributed by atoms with E-state index in [4.69, 9.17) is 4.74 Å². The van der Waals surface area contributed by atoms with E-state index in [1.807, 2.05) is 42.6 Å². The zero-order valence-corrected chi connectivity index (χ0v) is 16.7. The van der Waals surface area contributed by atoms with E-state index in [2.05, 4.69) is 28.3 Å². The lowest BCUT2D eigenvalue weighted by Gasteiger charge is -2.08. The number of carbonyl (C=O) groups excluding carboxylic acids is 1. The maximum atomic E-state index is 12.7. The number of hydrogen-bond donors (Lipinski definition) is 1. The molecule has 3 heterocycles. The molecule has 3 aromatic heterocycles. The Labute approximate surface area is 164 Å². The van der Waals surface area contributed by atoms with Crippen LogP contribution in [0.25, 0.3) is 21.5 Å². The van der Waals surface area contributed by atoms with Crippen molar-refractivity contribution < 1.29 is 9.53 Å². The fourth-order valence-corrected chi connectivity index (χ4v) is 4.39. The van der Waals surface area contributed by atoms with Gasteiger partial charge in [0, 0.05) is 21.7 Å². The molecule has 0 aliphatic heterocycles. The largest absolute Gasteiger partial charge is 0.497 e. The van der Waals surface area contributed by atoms with Crippen LogP contribution in [-0.2, 0) is 0 Å². The van der Waals surface area contributed by atoms with Gasteiger partial charge in [-0.1, -0.05) is 0 Å². The van der Waals surface area contributed by atoms with Gasteiger partial charge in [-0.25, -0.2) is 4.98 Å². The summed E-state index contributed by atoms with van der Waals surface area (Å²) in [5.41, 5.74) is 2.89. The third kappa shape index (κ3) is 3.56. The van der Waals surface area contributed by atoms with Crippen LogP contribution >= 0.6 is 22.7 Å². The number of rotatable bonds is 4. The molecule has 0 unspecified atom stereocenters. The minimum Gasteiger partial charge on any atom is -0.497 e. The summed E-state index contributed by atoms with van der Waals surface area (Å²) in [6, 6.07) is 11.6. The molecule has 0 aliphatic rings. The van der Waals surface area contributed by atoms with Gasteiger partial charge in [0.15, 0.2) is 5.13 Å². The number of ether oxygens (including phenoxy) is 1. The van der Waals surface area contributed by atoms with Gasteiger partial charge in [0.25, 0.3) is 5.91 Å². The van der Waals surface area contributed by atoms with Crippen molar-refractivity contribution in [2.75, 3.05) is 12.4 Å². The minimum atomic E-state index is -0.207. The Kier molecular flexibility index (Phi) is 4.63. The van der Waals surface area contributed by atoms with Gasteiger partial charge in [0.2, 0.25) is 0 Å². The zero-order chi connectivity index (χ0) is 19.0. The molecular formula is C20H17N3O2S2. The first-order valence-electron chi connectivity index (χ1n) is 8.32. The summed E-state index contributed by atoms with van der Waals surface area (Å²) < 4.78 is 5.23. The fourth-order valence-electron chi connectivity index (χ4n) is 2.78. The Hall–Kier alpha value is -2.77. The van der Waals surface area contributed by atoms with Crippen LogP contribution in [0, 0.1) is 13.8 Å². The molecule has 7 heteroatoms. The molecule has 4 rings (SSSR count). The first-order chi connectivity index (χ1) is 13.0. The van der Waals surface area contributed by atoms with E-state index in [1.54, 1.807) is 18.4 Å². The topological polar surface area (TPSA) is 64.1 Å². The van der Waals surface area contributed by atoms with Crippen LogP contribution in [0.4, 0.5) is 5.13 Å². The maximum absolute atomic E-state index is 12.7. The number of aryl methyl sites for hydroxylation is 2. The van der Waals surface area contributed by atoms with Gasteiger partial charge in [-0.3, -0.25) is 15.1 Å². The molecule has 27 heavy (non-hydrogen) atoms. The van der Waals surface area contributed by atoms with Gasteiger partial charge < -0.3 is 4.74 Å². The van der Waals surface area contributed by atoms with Crippen LogP contribution < -0.4 is 10.1 Å². The molecule has 0 fully saturated rings. The summed E-state index contributed by atoms with van der Waals surface area (Å²) in [4.78, 5) is 24.2. The van der Waals surface area contributed by atoms with Gasteiger partial charge >= 0.3 is 0 Å². The van der Waals surface area contributed by atoms with Crippen molar-refractivity contribution in [3.05, 3.63) is 57.9 Å². The molecule has 5 nitrogen and oxygen atoms in total. The molecule has 0 spiro atoms. The quantitative estimate of drug-likeness (QED) is 0.509. The third-order valence-corrected chi connectivity index (χ3v) is 5.96. The average molecular weight is 396 g/mol. The molecular weight excluding hydrogens is 378 g/mol. The Morgan fingerprint density at radius 3 is 2.70 bits per heavy atom. The van der Waals surface area contributed by atoms with Crippen molar-refractivity contribution >= 4 is 44.6 Å². The summed E-state index contributed by atoms with van der Waals surface area (Å²) in [5, 5.41) is 6.32. The van der Waals surface area contributed by atoms with E-state index in [1.165, 1.54) is 16.2 Å². The minimum absolute atomic E-state index is 0.207. The number of thiazole rings is 1. The number of methoxy groups -OCH3 is 1. The van der Waals surface area contributed by atoms with Gasteiger partial charge in [0.1, 0.15) is 5.75 Å². The average Bonchev–Trinajstić information content (AvgIpc) is 3.29.